The number of hydrogen-bond donors (Lipinski definition) is 1. The Labute approximate surface area is 138 Å². The van der Waals surface area contributed by atoms with Gasteiger partial charge in [-0.15, -0.1) is 5.10 Å². The van der Waals surface area contributed by atoms with E-state index in [1.807, 2.05) is 0 Å². The van der Waals surface area contributed by atoms with Crippen LogP contribution in [0, 0.1) is 5.82 Å². The number of halogens is 4. The number of aromatic nitrogens is 2. The summed E-state index contributed by atoms with van der Waals surface area (Å²) in [4.78, 5) is 12.0. The van der Waals surface area contributed by atoms with Crippen molar-refractivity contribution in [3.05, 3.63) is 65.5 Å². The van der Waals surface area contributed by atoms with Gasteiger partial charge in [0.2, 0.25) is 5.89 Å². The summed E-state index contributed by atoms with van der Waals surface area (Å²) >= 11 is 0. The highest BCUT2D eigenvalue weighted by atomic mass is 19.4. The average molecular weight is 351 g/mol. The summed E-state index contributed by atoms with van der Waals surface area (Å²) in [5.41, 5.74) is -1.32. The van der Waals surface area contributed by atoms with Crippen LogP contribution in [-0.2, 0) is 6.18 Å². The molecule has 25 heavy (non-hydrogen) atoms. The number of hydrogen-bond acceptors (Lipinski definition) is 4. The highest BCUT2D eigenvalue weighted by Crippen LogP contribution is 2.32. The monoisotopic (exact) mass is 351 g/mol. The Morgan fingerprint density at radius 3 is 2.44 bits per heavy atom. The van der Waals surface area contributed by atoms with E-state index >= 15 is 0 Å². The van der Waals surface area contributed by atoms with Crippen LogP contribution in [0.5, 0.6) is 0 Å². The molecule has 1 aromatic heterocycles. The lowest BCUT2D eigenvalue weighted by molar-refractivity contribution is -0.140. The third-order valence-electron chi connectivity index (χ3n) is 3.20. The Hall–Kier alpha value is -3.23. The smallest absolute Gasteiger partial charge is 0.403 e. The van der Waals surface area contributed by atoms with E-state index < -0.39 is 29.0 Å². The lowest BCUT2D eigenvalue weighted by Gasteiger charge is -2.09. The van der Waals surface area contributed by atoms with Crippen LogP contribution in [0.25, 0.3) is 11.5 Å². The van der Waals surface area contributed by atoms with Crippen LogP contribution in [0.4, 0.5) is 23.6 Å². The molecule has 0 fully saturated rings. The van der Waals surface area contributed by atoms with Gasteiger partial charge in [0.05, 0.1) is 5.56 Å². The molecule has 1 heterocycles. The fourth-order valence-electron chi connectivity index (χ4n) is 2.02. The van der Waals surface area contributed by atoms with Gasteiger partial charge in [0.25, 0.3) is 5.91 Å². The van der Waals surface area contributed by atoms with Crippen LogP contribution < -0.4 is 5.32 Å². The van der Waals surface area contributed by atoms with E-state index in [0.29, 0.717) is 17.7 Å². The molecule has 0 atom stereocenters. The van der Waals surface area contributed by atoms with E-state index in [1.54, 1.807) is 30.3 Å². The van der Waals surface area contributed by atoms with E-state index in [9.17, 15) is 22.4 Å². The number of carbonyl (C=O) groups is 1. The molecule has 128 valence electrons. The summed E-state index contributed by atoms with van der Waals surface area (Å²) in [5, 5.41) is 9.51. The zero-order valence-corrected chi connectivity index (χ0v) is 12.3. The van der Waals surface area contributed by atoms with E-state index in [2.05, 4.69) is 15.5 Å². The largest absolute Gasteiger partial charge is 0.419 e. The van der Waals surface area contributed by atoms with Crippen LogP contribution in [0.3, 0.4) is 0 Å². The third kappa shape index (κ3) is 3.65. The Morgan fingerprint density at radius 2 is 1.76 bits per heavy atom. The lowest BCUT2D eigenvalue weighted by atomic mass is 10.1. The molecule has 0 bridgehead atoms. The fraction of sp³-hybridized carbons (Fsp3) is 0.0625. The first-order valence-electron chi connectivity index (χ1n) is 6.91. The maximum Gasteiger partial charge on any atom is 0.419 e. The van der Waals surface area contributed by atoms with Gasteiger partial charge >= 0.3 is 12.2 Å². The van der Waals surface area contributed by atoms with E-state index in [4.69, 9.17) is 4.42 Å². The molecule has 2 aromatic carbocycles. The quantitative estimate of drug-likeness (QED) is 0.720. The zero-order chi connectivity index (χ0) is 18.0. The molecule has 0 saturated carbocycles. The summed E-state index contributed by atoms with van der Waals surface area (Å²) < 4.78 is 56.6. The predicted molar refractivity (Wildman–Crippen MR) is 79.1 cm³/mol. The Morgan fingerprint density at radius 1 is 1.04 bits per heavy atom. The molecule has 3 aromatic rings. The van der Waals surface area contributed by atoms with E-state index in [0.717, 1.165) is 6.07 Å². The standard InChI is InChI=1S/C16H9F4N3O2/c17-12-7-6-10(8-11(12)16(18,19)20)13(24)21-15-23-22-14(25-15)9-4-2-1-3-5-9/h1-8H,(H,21,23,24). The number of alkyl halides is 3. The molecule has 1 N–H and O–H groups in total. The summed E-state index contributed by atoms with van der Waals surface area (Å²) in [6.45, 7) is 0. The summed E-state index contributed by atoms with van der Waals surface area (Å²) in [6.07, 6.45) is -4.91. The maximum atomic E-state index is 13.3. The number of nitrogens with one attached hydrogen (secondary N) is 1. The predicted octanol–water partition coefficient (Wildman–Crippen LogP) is 4.15. The molecule has 5 nitrogen and oxygen atoms in total. The van der Waals surface area contributed by atoms with Crippen LogP contribution in [-0.4, -0.2) is 16.1 Å². The highest BCUT2D eigenvalue weighted by Gasteiger charge is 2.34. The molecule has 0 aliphatic carbocycles. The number of amides is 1. The lowest BCUT2D eigenvalue weighted by Crippen LogP contribution is -2.15. The van der Waals surface area contributed by atoms with Gasteiger partial charge in [-0.3, -0.25) is 10.1 Å². The van der Waals surface area contributed by atoms with Crippen molar-refractivity contribution in [2.24, 2.45) is 0 Å². The van der Waals surface area contributed by atoms with Crippen molar-refractivity contribution in [2.45, 2.75) is 6.18 Å². The van der Waals surface area contributed by atoms with Crippen molar-refractivity contribution in [1.82, 2.24) is 10.2 Å². The zero-order valence-electron chi connectivity index (χ0n) is 12.3. The molecule has 1 amide bonds. The van der Waals surface area contributed by atoms with Gasteiger partial charge in [-0.2, -0.15) is 13.2 Å². The van der Waals surface area contributed by atoms with Gasteiger partial charge in [0.15, 0.2) is 0 Å². The Balaban J connectivity index is 1.81. The van der Waals surface area contributed by atoms with E-state index in [1.165, 1.54) is 0 Å². The van der Waals surface area contributed by atoms with Gasteiger partial charge < -0.3 is 4.42 Å². The highest BCUT2D eigenvalue weighted by molar-refractivity contribution is 6.03. The second-order valence-electron chi connectivity index (χ2n) is 4.92. The molecule has 0 unspecified atom stereocenters. The van der Waals surface area contributed by atoms with E-state index in [-0.39, 0.29) is 11.9 Å². The first-order valence-corrected chi connectivity index (χ1v) is 6.91. The molecule has 0 spiro atoms. The first-order chi connectivity index (χ1) is 11.8. The fourth-order valence-corrected chi connectivity index (χ4v) is 2.02. The third-order valence-corrected chi connectivity index (χ3v) is 3.20. The summed E-state index contributed by atoms with van der Waals surface area (Å²) in [5.74, 6) is -2.27. The molecule has 0 aliphatic heterocycles. The normalized spacial score (nSPS) is 11.4. The molecule has 3 rings (SSSR count). The number of carbonyl (C=O) groups excluding carboxylic acids is 1. The molecule has 0 radical (unpaired) electrons. The summed E-state index contributed by atoms with van der Waals surface area (Å²) in [7, 11) is 0. The molecule has 0 saturated heterocycles. The van der Waals surface area contributed by atoms with Crippen molar-refractivity contribution in [2.75, 3.05) is 5.32 Å². The number of nitrogens with zero attached hydrogens (tertiary/aromatic N) is 2. The van der Waals surface area contributed by atoms with Crippen LogP contribution in [0.15, 0.2) is 52.9 Å². The van der Waals surface area contributed by atoms with Gasteiger partial charge in [-0.25, -0.2) is 4.39 Å². The maximum absolute atomic E-state index is 13.3. The van der Waals surface area contributed by atoms with Gasteiger partial charge in [0, 0.05) is 11.1 Å². The van der Waals surface area contributed by atoms with Crippen molar-refractivity contribution >= 4 is 11.9 Å². The van der Waals surface area contributed by atoms with Gasteiger partial charge in [0.1, 0.15) is 5.82 Å². The molecular formula is C16H9F4N3O2. The second-order valence-corrected chi connectivity index (χ2v) is 4.92. The van der Waals surface area contributed by atoms with Crippen LogP contribution >= 0.6 is 0 Å². The van der Waals surface area contributed by atoms with Gasteiger partial charge in [-0.1, -0.05) is 23.3 Å². The van der Waals surface area contributed by atoms with Crippen LogP contribution in [0.1, 0.15) is 15.9 Å². The molecule has 0 aliphatic rings. The Kier molecular flexibility index (Phi) is 4.22. The van der Waals surface area contributed by atoms with Crippen molar-refractivity contribution in [1.29, 1.82) is 0 Å². The SMILES string of the molecule is O=C(Nc1nnc(-c2ccccc2)o1)c1ccc(F)c(C(F)(F)F)c1. The summed E-state index contributed by atoms with van der Waals surface area (Å²) in [6, 6.07) is 10.3. The average Bonchev–Trinajstić information content (AvgIpc) is 3.03. The molecular weight excluding hydrogens is 342 g/mol. The van der Waals surface area contributed by atoms with Crippen molar-refractivity contribution in [3.8, 4) is 11.5 Å². The molecule has 9 heteroatoms. The number of rotatable bonds is 3. The minimum Gasteiger partial charge on any atom is -0.403 e. The second kappa shape index (κ2) is 6.34. The number of anilines is 1. The first kappa shape index (κ1) is 16.6. The minimum atomic E-state index is -4.91. The van der Waals surface area contributed by atoms with Gasteiger partial charge in [-0.05, 0) is 30.3 Å². The Bertz CT molecular complexity index is 907. The minimum absolute atomic E-state index is 0.131. The van der Waals surface area contributed by atoms with Crippen molar-refractivity contribution < 1.29 is 26.8 Å². The van der Waals surface area contributed by atoms with Crippen LogP contribution in [0.2, 0.25) is 0 Å². The number of benzene rings is 2. The topological polar surface area (TPSA) is 68.0 Å². The van der Waals surface area contributed by atoms with Crippen molar-refractivity contribution in [3.63, 3.8) is 0 Å².